The molecular formula is C12H14O3. The van der Waals surface area contributed by atoms with Crippen LogP contribution >= 0.6 is 0 Å². The van der Waals surface area contributed by atoms with E-state index in [1.54, 1.807) is 0 Å². The van der Waals surface area contributed by atoms with Crippen molar-refractivity contribution < 1.29 is 14.3 Å². The summed E-state index contributed by atoms with van der Waals surface area (Å²) in [5, 5.41) is 0. The van der Waals surface area contributed by atoms with Gasteiger partial charge in [0.1, 0.15) is 0 Å². The molecule has 0 amide bonds. The lowest BCUT2D eigenvalue weighted by Gasteiger charge is -2.07. The summed E-state index contributed by atoms with van der Waals surface area (Å²) in [5.41, 5.74) is 1.00. The van der Waals surface area contributed by atoms with E-state index < -0.39 is 0 Å². The Morgan fingerprint density at radius 1 is 1.40 bits per heavy atom. The summed E-state index contributed by atoms with van der Waals surface area (Å²) in [6, 6.07) is 9.68. The van der Waals surface area contributed by atoms with E-state index in [-0.39, 0.29) is 18.2 Å². The molecule has 0 aliphatic carbocycles. The molecule has 0 bridgehead atoms. The van der Waals surface area contributed by atoms with Crippen molar-refractivity contribution >= 4 is 5.97 Å². The van der Waals surface area contributed by atoms with Crippen LogP contribution in [0, 0.1) is 0 Å². The first-order valence-electron chi connectivity index (χ1n) is 5.18. The van der Waals surface area contributed by atoms with Gasteiger partial charge in [0.2, 0.25) is 6.29 Å². The molecule has 1 aliphatic heterocycles. The maximum absolute atomic E-state index is 11.6. The Kier molecular flexibility index (Phi) is 3.02. The van der Waals surface area contributed by atoms with Crippen LogP contribution in [0.3, 0.4) is 0 Å². The number of benzene rings is 1. The Hall–Kier alpha value is -1.35. The molecule has 1 aromatic carbocycles. The Bertz CT molecular complexity index is 334. The maximum atomic E-state index is 11.6. The first-order valence-corrected chi connectivity index (χ1v) is 5.18. The molecule has 1 aliphatic rings. The highest BCUT2D eigenvalue weighted by Crippen LogP contribution is 2.30. The molecule has 0 N–H and O–H groups in total. The summed E-state index contributed by atoms with van der Waals surface area (Å²) >= 11 is 0. The summed E-state index contributed by atoms with van der Waals surface area (Å²) < 4.78 is 10.4. The van der Waals surface area contributed by atoms with Crippen LogP contribution < -0.4 is 0 Å². The summed E-state index contributed by atoms with van der Waals surface area (Å²) in [4.78, 5) is 11.6. The topological polar surface area (TPSA) is 35.5 Å². The van der Waals surface area contributed by atoms with Gasteiger partial charge in [0, 0.05) is 13.0 Å². The SMILES string of the molecule is CCOC1CC(c2ccccc2)C(=O)O1. The predicted octanol–water partition coefficient (Wildman–Crippen LogP) is 2.08. The molecule has 2 rings (SSSR count). The zero-order chi connectivity index (χ0) is 10.7. The van der Waals surface area contributed by atoms with Crippen LogP contribution in [0.4, 0.5) is 0 Å². The van der Waals surface area contributed by atoms with Gasteiger partial charge in [-0.25, -0.2) is 0 Å². The van der Waals surface area contributed by atoms with Crippen LogP contribution in [0.2, 0.25) is 0 Å². The van der Waals surface area contributed by atoms with E-state index >= 15 is 0 Å². The normalized spacial score (nSPS) is 25.3. The Labute approximate surface area is 89.0 Å². The highest BCUT2D eigenvalue weighted by Gasteiger charge is 2.35. The van der Waals surface area contributed by atoms with Gasteiger partial charge in [-0.1, -0.05) is 30.3 Å². The zero-order valence-electron chi connectivity index (χ0n) is 8.68. The van der Waals surface area contributed by atoms with Crippen LogP contribution in [0.15, 0.2) is 30.3 Å². The van der Waals surface area contributed by atoms with Crippen molar-refractivity contribution in [2.75, 3.05) is 6.61 Å². The third-order valence-electron chi connectivity index (χ3n) is 2.51. The number of hydrogen-bond acceptors (Lipinski definition) is 3. The minimum absolute atomic E-state index is 0.164. The number of carbonyl (C=O) groups excluding carboxylic acids is 1. The standard InChI is InChI=1S/C12H14O3/c1-2-14-11-8-10(12(13)15-11)9-6-4-3-5-7-9/h3-7,10-11H,2,8H2,1H3. The summed E-state index contributed by atoms with van der Waals surface area (Å²) in [6.07, 6.45) is 0.254. The van der Waals surface area contributed by atoms with Gasteiger partial charge in [-0.05, 0) is 12.5 Å². The molecule has 0 radical (unpaired) electrons. The Morgan fingerprint density at radius 2 is 2.13 bits per heavy atom. The van der Waals surface area contributed by atoms with Crippen molar-refractivity contribution in [2.45, 2.75) is 25.6 Å². The van der Waals surface area contributed by atoms with E-state index in [1.807, 2.05) is 37.3 Å². The van der Waals surface area contributed by atoms with Crippen molar-refractivity contribution in [3.8, 4) is 0 Å². The van der Waals surface area contributed by atoms with Gasteiger partial charge in [-0.2, -0.15) is 0 Å². The predicted molar refractivity (Wildman–Crippen MR) is 55.3 cm³/mol. The fourth-order valence-corrected chi connectivity index (χ4v) is 1.79. The van der Waals surface area contributed by atoms with Crippen LogP contribution in [-0.4, -0.2) is 18.9 Å². The molecule has 15 heavy (non-hydrogen) atoms. The lowest BCUT2D eigenvalue weighted by Crippen LogP contribution is -2.10. The van der Waals surface area contributed by atoms with Crippen molar-refractivity contribution in [1.29, 1.82) is 0 Å². The number of hydrogen-bond donors (Lipinski definition) is 0. The molecule has 0 saturated carbocycles. The van der Waals surface area contributed by atoms with E-state index in [4.69, 9.17) is 9.47 Å². The molecule has 0 spiro atoms. The van der Waals surface area contributed by atoms with E-state index in [9.17, 15) is 4.79 Å². The minimum Gasteiger partial charge on any atom is -0.435 e. The largest absolute Gasteiger partial charge is 0.435 e. The van der Waals surface area contributed by atoms with Gasteiger partial charge < -0.3 is 9.47 Å². The lowest BCUT2D eigenvalue weighted by atomic mass is 9.98. The molecule has 2 atom stereocenters. The Balaban J connectivity index is 2.09. The van der Waals surface area contributed by atoms with Crippen molar-refractivity contribution in [3.05, 3.63) is 35.9 Å². The molecule has 1 fully saturated rings. The molecule has 3 heteroatoms. The van der Waals surface area contributed by atoms with Gasteiger partial charge in [0.25, 0.3) is 0 Å². The second-order valence-electron chi connectivity index (χ2n) is 3.52. The zero-order valence-corrected chi connectivity index (χ0v) is 8.68. The molecule has 0 aromatic heterocycles. The van der Waals surface area contributed by atoms with Crippen LogP contribution in [0.1, 0.15) is 24.8 Å². The average molecular weight is 206 g/mol. The second-order valence-corrected chi connectivity index (χ2v) is 3.52. The van der Waals surface area contributed by atoms with Crippen molar-refractivity contribution in [2.24, 2.45) is 0 Å². The number of carbonyl (C=O) groups is 1. The monoisotopic (exact) mass is 206 g/mol. The van der Waals surface area contributed by atoms with Crippen LogP contribution in [0.25, 0.3) is 0 Å². The first-order chi connectivity index (χ1) is 7.31. The van der Waals surface area contributed by atoms with Crippen molar-refractivity contribution in [3.63, 3.8) is 0 Å². The minimum atomic E-state index is -0.368. The van der Waals surface area contributed by atoms with Gasteiger partial charge in [-0.3, -0.25) is 4.79 Å². The van der Waals surface area contributed by atoms with Gasteiger partial charge in [0.15, 0.2) is 0 Å². The van der Waals surface area contributed by atoms with Gasteiger partial charge >= 0.3 is 5.97 Å². The smallest absolute Gasteiger partial charge is 0.315 e. The van der Waals surface area contributed by atoms with Gasteiger partial charge in [-0.15, -0.1) is 0 Å². The molecule has 80 valence electrons. The number of ether oxygens (including phenoxy) is 2. The van der Waals surface area contributed by atoms with Crippen LogP contribution in [0.5, 0.6) is 0 Å². The third kappa shape index (κ3) is 2.18. The number of esters is 1. The lowest BCUT2D eigenvalue weighted by molar-refractivity contribution is -0.161. The summed E-state index contributed by atoms with van der Waals surface area (Å²) in [7, 11) is 0. The van der Waals surface area contributed by atoms with E-state index in [2.05, 4.69) is 0 Å². The fourth-order valence-electron chi connectivity index (χ4n) is 1.79. The molecule has 1 saturated heterocycles. The summed E-state index contributed by atoms with van der Waals surface area (Å²) in [6.45, 7) is 2.46. The van der Waals surface area contributed by atoms with Crippen molar-refractivity contribution in [1.82, 2.24) is 0 Å². The quantitative estimate of drug-likeness (QED) is 0.710. The van der Waals surface area contributed by atoms with E-state index in [0.29, 0.717) is 13.0 Å². The Morgan fingerprint density at radius 3 is 2.80 bits per heavy atom. The average Bonchev–Trinajstić information content (AvgIpc) is 2.61. The molecule has 3 nitrogen and oxygen atoms in total. The van der Waals surface area contributed by atoms with Gasteiger partial charge in [0.05, 0.1) is 5.92 Å². The maximum Gasteiger partial charge on any atom is 0.315 e. The van der Waals surface area contributed by atoms with E-state index in [1.165, 1.54) is 0 Å². The molecule has 2 unspecified atom stereocenters. The highest BCUT2D eigenvalue weighted by atomic mass is 16.7. The highest BCUT2D eigenvalue weighted by molar-refractivity contribution is 5.80. The fraction of sp³-hybridized carbons (Fsp3) is 0.417. The molecule has 1 heterocycles. The third-order valence-corrected chi connectivity index (χ3v) is 2.51. The second kappa shape index (κ2) is 4.45. The first kappa shape index (κ1) is 10.2. The summed E-state index contributed by atoms with van der Waals surface area (Å²) in [5.74, 6) is -0.345. The van der Waals surface area contributed by atoms with E-state index in [0.717, 1.165) is 5.56 Å². The number of rotatable bonds is 3. The van der Waals surface area contributed by atoms with Crippen LogP contribution in [-0.2, 0) is 14.3 Å². The molecular weight excluding hydrogens is 192 g/mol. The number of cyclic esters (lactones) is 1. The molecule has 1 aromatic rings.